The van der Waals surface area contributed by atoms with E-state index in [-0.39, 0.29) is 6.10 Å². The van der Waals surface area contributed by atoms with E-state index >= 15 is 0 Å². The van der Waals surface area contributed by atoms with Crippen molar-refractivity contribution < 1.29 is 4.74 Å². The molecule has 1 aromatic heterocycles. The number of aromatic nitrogens is 1. The van der Waals surface area contributed by atoms with Crippen LogP contribution in [0.1, 0.15) is 12.5 Å². The summed E-state index contributed by atoms with van der Waals surface area (Å²) < 4.78 is 8.28. The number of ether oxygens (including phenoxy) is 1. The molecule has 0 amide bonds. The maximum Gasteiger partial charge on any atom is 0.0881 e. The molecule has 0 spiro atoms. The molecule has 1 atom stereocenters. The summed E-state index contributed by atoms with van der Waals surface area (Å²) in [6, 6.07) is 8.58. The molecule has 0 saturated carbocycles. The molecule has 0 bridgehead atoms. The minimum absolute atomic E-state index is 0.278. The van der Waals surface area contributed by atoms with Gasteiger partial charge in [0, 0.05) is 30.2 Å². The first-order chi connectivity index (χ1) is 10.3. The number of nitrogens with two attached hydrogens (primary N) is 1. The first-order valence-electron chi connectivity index (χ1n) is 7.92. The van der Waals surface area contributed by atoms with E-state index < -0.39 is 0 Å². The van der Waals surface area contributed by atoms with Gasteiger partial charge in [-0.2, -0.15) is 0 Å². The summed E-state index contributed by atoms with van der Waals surface area (Å²) in [6.45, 7) is 7.84. The highest BCUT2D eigenvalue weighted by Crippen LogP contribution is 2.22. The van der Waals surface area contributed by atoms with Gasteiger partial charge >= 0.3 is 0 Å². The third-order valence-corrected chi connectivity index (χ3v) is 4.36. The summed E-state index contributed by atoms with van der Waals surface area (Å²) >= 11 is 0. The van der Waals surface area contributed by atoms with Crippen LogP contribution in [0.4, 0.5) is 0 Å². The molecule has 4 nitrogen and oxygen atoms in total. The van der Waals surface area contributed by atoms with Crippen LogP contribution in [0.15, 0.2) is 30.5 Å². The Labute approximate surface area is 126 Å². The predicted octanol–water partition coefficient (Wildman–Crippen LogP) is 1.86. The molecule has 2 aromatic rings. The average molecular weight is 287 g/mol. The first kappa shape index (κ1) is 14.6. The Balaban J connectivity index is 1.83. The van der Waals surface area contributed by atoms with Crippen molar-refractivity contribution in [2.24, 2.45) is 5.73 Å². The smallest absolute Gasteiger partial charge is 0.0881 e. The highest BCUT2D eigenvalue weighted by Gasteiger charge is 2.20. The van der Waals surface area contributed by atoms with Crippen molar-refractivity contribution in [3.63, 3.8) is 0 Å². The van der Waals surface area contributed by atoms with Crippen LogP contribution < -0.4 is 5.73 Å². The standard InChI is InChI=1S/C17H25N3O/c1-2-19-9-10-21-15(12-19)13-20-11-14(7-8-18)16-5-3-4-6-17(16)20/h3-6,11,15H,2,7-10,12-13,18H2,1H3. The van der Waals surface area contributed by atoms with Crippen LogP contribution in [0, 0.1) is 0 Å². The van der Waals surface area contributed by atoms with Gasteiger partial charge in [-0.25, -0.2) is 0 Å². The topological polar surface area (TPSA) is 43.4 Å². The summed E-state index contributed by atoms with van der Waals surface area (Å²) in [4.78, 5) is 2.46. The summed E-state index contributed by atoms with van der Waals surface area (Å²) in [6.07, 6.45) is 3.46. The average Bonchev–Trinajstić information content (AvgIpc) is 2.86. The zero-order chi connectivity index (χ0) is 14.7. The van der Waals surface area contributed by atoms with Crippen molar-refractivity contribution in [3.8, 4) is 0 Å². The molecule has 4 heteroatoms. The molecule has 1 unspecified atom stereocenters. The lowest BCUT2D eigenvalue weighted by molar-refractivity contribution is -0.0337. The Morgan fingerprint density at radius 1 is 1.33 bits per heavy atom. The number of hydrogen-bond donors (Lipinski definition) is 1. The van der Waals surface area contributed by atoms with Gasteiger partial charge in [-0.15, -0.1) is 0 Å². The number of nitrogens with zero attached hydrogens (tertiary/aromatic N) is 2. The van der Waals surface area contributed by atoms with Gasteiger partial charge in [0.05, 0.1) is 19.3 Å². The third kappa shape index (κ3) is 3.12. The second-order valence-electron chi connectivity index (χ2n) is 5.75. The molecule has 0 aliphatic carbocycles. The van der Waals surface area contributed by atoms with Crippen LogP contribution in [0.5, 0.6) is 0 Å². The van der Waals surface area contributed by atoms with E-state index in [9.17, 15) is 0 Å². The zero-order valence-electron chi connectivity index (χ0n) is 12.8. The van der Waals surface area contributed by atoms with Crippen molar-refractivity contribution in [1.29, 1.82) is 0 Å². The summed E-state index contributed by atoms with van der Waals surface area (Å²) in [5.74, 6) is 0. The van der Waals surface area contributed by atoms with Crippen LogP contribution >= 0.6 is 0 Å². The quantitative estimate of drug-likeness (QED) is 0.913. The van der Waals surface area contributed by atoms with Crippen molar-refractivity contribution >= 4 is 10.9 Å². The molecule has 3 rings (SSSR count). The number of morpholine rings is 1. The monoisotopic (exact) mass is 287 g/mol. The lowest BCUT2D eigenvalue weighted by Crippen LogP contribution is -2.43. The zero-order valence-corrected chi connectivity index (χ0v) is 12.8. The number of para-hydroxylation sites is 1. The Morgan fingerprint density at radius 3 is 3.00 bits per heavy atom. The highest BCUT2D eigenvalue weighted by atomic mass is 16.5. The Hall–Kier alpha value is -1.36. The number of fused-ring (bicyclic) bond motifs is 1. The van der Waals surface area contributed by atoms with Crippen molar-refractivity contribution in [2.75, 3.05) is 32.8 Å². The summed E-state index contributed by atoms with van der Waals surface area (Å²) in [5.41, 5.74) is 8.37. The second kappa shape index (κ2) is 6.60. The van der Waals surface area contributed by atoms with Crippen molar-refractivity contribution in [1.82, 2.24) is 9.47 Å². The summed E-state index contributed by atoms with van der Waals surface area (Å²) in [7, 11) is 0. The Kier molecular flexibility index (Phi) is 4.58. The lowest BCUT2D eigenvalue weighted by Gasteiger charge is -2.32. The molecule has 1 aliphatic heterocycles. The normalized spacial score (nSPS) is 20.2. The summed E-state index contributed by atoms with van der Waals surface area (Å²) in [5, 5.41) is 1.33. The lowest BCUT2D eigenvalue weighted by atomic mass is 10.1. The fraction of sp³-hybridized carbons (Fsp3) is 0.529. The van der Waals surface area contributed by atoms with E-state index in [0.717, 1.165) is 39.2 Å². The molecule has 1 fully saturated rings. The molecule has 114 valence electrons. The van der Waals surface area contributed by atoms with Gasteiger partial charge in [-0.1, -0.05) is 25.1 Å². The van der Waals surface area contributed by atoms with E-state index in [0.29, 0.717) is 6.54 Å². The molecule has 1 aromatic carbocycles. The van der Waals surface area contributed by atoms with Gasteiger partial charge in [0.15, 0.2) is 0 Å². The molecule has 2 N–H and O–H groups in total. The number of benzene rings is 1. The van der Waals surface area contributed by atoms with Gasteiger partial charge in [0.1, 0.15) is 0 Å². The molecule has 21 heavy (non-hydrogen) atoms. The molecular weight excluding hydrogens is 262 g/mol. The maximum absolute atomic E-state index is 5.94. The SMILES string of the molecule is CCN1CCOC(Cn2cc(CCN)c3ccccc32)C1. The van der Waals surface area contributed by atoms with Crippen LogP contribution in [0.3, 0.4) is 0 Å². The number of rotatable bonds is 5. The van der Waals surface area contributed by atoms with Gasteiger partial charge < -0.3 is 15.0 Å². The number of hydrogen-bond acceptors (Lipinski definition) is 3. The van der Waals surface area contributed by atoms with Crippen molar-refractivity contribution in [3.05, 3.63) is 36.0 Å². The Morgan fingerprint density at radius 2 is 2.19 bits per heavy atom. The van der Waals surface area contributed by atoms with Crippen LogP contribution in [0.25, 0.3) is 10.9 Å². The molecule has 1 saturated heterocycles. The van der Waals surface area contributed by atoms with E-state index in [1.807, 2.05) is 0 Å². The van der Waals surface area contributed by atoms with E-state index in [2.05, 4.69) is 46.9 Å². The van der Waals surface area contributed by atoms with Crippen LogP contribution in [-0.4, -0.2) is 48.4 Å². The van der Waals surface area contributed by atoms with Crippen LogP contribution in [0.2, 0.25) is 0 Å². The number of likely N-dealkylation sites (N-methyl/N-ethyl adjacent to an activating group) is 1. The first-order valence-corrected chi connectivity index (χ1v) is 7.92. The molecule has 2 heterocycles. The van der Waals surface area contributed by atoms with Gasteiger partial charge in [0.2, 0.25) is 0 Å². The molecule has 0 radical (unpaired) electrons. The van der Waals surface area contributed by atoms with E-state index in [1.54, 1.807) is 0 Å². The van der Waals surface area contributed by atoms with Gasteiger partial charge in [-0.05, 0) is 31.1 Å². The minimum Gasteiger partial charge on any atom is -0.374 e. The highest BCUT2D eigenvalue weighted by molar-refractivity contribution is 5.84. The van der Waals surface area contributed by atoms with Gasteiger partial charge in [0.25, 0.3) is 0 Å². The maximum atomic E-state index is 5.94. The van der Waals surface area contributed by atoms with Gasteiger partial charge in [-0.3, -0.25) is 4.90 Å². The minimum atomic E-state index is 0.278. The molecule has 1 aliphatic rings. The van der Waals surface area contributed by atoms with Crippen LogP contribution in [-0.2, 0) is 17.7 Å². The van der Waals surface area contributed by atoms with E-state index in [4.69, 9.17) is 10.5 Å². The van der Waals surface area contributed by atoms with Crippen molar-refractivity contribution in [2.45, 2.75) is 26.0 Å². The largest absolute Gasteiger partial charge is 0.374 e. The second-order valence-corrected chi connectivity index (χ2v) is 5.75. The van der Waals surface area contributed by atoms with E-state index in [1.165, 1.54) is 16.5 Å². The third-order valence-electron chi connectivity index (χ3n) is 4.36. The fourth-order valence-electron chi connectivity index (χ4n) is 3.23. The fourth-order valence-corrected chi connectivity index (χ4v) is 3.23. The predicted molar refractivity (Wildman–Crippen MR) is 86.6 cm³/mol. The molecular formula is C17H25N3O. The Bertz CT molecular complexity index is 593.